The maximum Gasteiger partial charge on any atom is 0.412 e. The van der Waals surface area contributed by atoms with Crippen molar-refractivity contribution in [3.05, 3.63) is 12.0 Å². The Morgan fingerprint density at radius 1 is 1.48 bits per heavy atom. The van der Waals surface area contributed by atoms with Gasteiger partial charge in [0, 0.05) is 6.20 Å². The molecule has 0 radical (unpaired) electrons. The normalized spacial score (nSPS) is 29.2. The van der Waals surface area contributed by atoms with Gasteiger partial charge in [0.25, 0.3) is 0 Å². The largest absolute Gasteiger partial charge is 0.449 e. The van der Waals surface area contributed by atoms with E-state index in [1.807, 2.05) is 6.92 Å². The molecule has 2 heterocycles. The quantitative estimate of drug-likeness (QED) is 0.484. The van der Waals surface area contributed by atoms with Crippen LogP contribution in [-0.2, 0) is 9.47 Å². The van der Waals surface area contributed by atoms with Gasteiger partial charge in [-0.25, -0.2) is 14.2 Å². The lowest BCUT2D eigenvalue weighted by Crippen LogP contribution is -2.44. The Morgan fingerprint density at radius 3 is 2.84 bits per heavy atom. The van der Waals surface area contributed by atoms with Gasteiger partial charge in [0.15, 0.2) is 17.9 Å². The third-order valence-electron chi connectivity index (χ3n) is 3.94. The first-order valence-corrected chi connectivity index (χ1v) is 8.22. The number of amides is 1. The van der Waals surface area contributed by atoms with Crippen LogP contribution in [0.3, 0.4) is 0 Å². The Kier molecular flexibility index (Phi) is 7.12. The maximum atomic E-state index is 14.1. The molecule has 142 valence electrons. The SMILES string of the molecule is CCCCCOC(=O)NC1=NCN(C2O[C@H](CO)[C@@H](O)[C@H]2O)C=C1F. The first-order chi connectivity index (χ1) is 12.0. The van der Waals surface area contributed by atoms with Gasteiger partial charge in [0.05, 0.1) is 13.2 Å². The summed E-state index contributed by atoms with van der Waals surface area (Å²) in [5, 5.41) is 31.0. The van der Waals surface area contributed by atoms with E-state index in [1.54, 1.807) is 0 Å². The number of alkyl carbamates (subject to hydrolysis) is 1. The van der Waals surface area contributed by atoms with Crippen molar-refractivity contribution in [1.29, 1.82) is 0 Å². The van der Waals surface area contributed by atoms with Crippen molar-refractivity contribution in [3.63, 3.8) is 0 Å². The van der Waals surface area contributed by atoms with Crippen molar-refractivity contribution < 1.29 is 34.0 Å². The number of aliphatic imine (C=N–C) groups is 1. The average Bonchev–Trinajstić information content (AvgIpc) is 2.88. The number of hydrogen-bond donors (Lipinski definition) is 4. The summed E-state index contributed by atoms with van der Waals surface area (Å²) in [6.45, 7) is 1.68. The molecule has 4 N–H and O–H groups in total. The summed E-state index contributed by atoms with van der Waals surface area (Å²) in [5.74, 6) is -1.11. The molecule has 0 aromatic rings. The number of carbonyl (C=O) groups is 1. The highest BCUT2D eigenvalue weighted by molar-refractivity contribution is 6.04. The molecule has 9 nitrogen and oxygen atoms in total. The second-order valence-corrected chi connectivity index (χ2v) is 5.84. The number of ether oxygens (including phenoxy) is 2. The standard InChI is InChI=1S/C15H24FN3O6/c1-2-3-4-5-24-15(23)18-13-9(16)6-19(8-17-13)14-12(22)11(21)10(7-20)25-14/h6,10-12,14,20-22H,2-5,7-8H2,1H3,(H,17,18,23)/t10-,11-,12-,14?/m1/s1. The first kappa shape index (κ1) is 19.6. The van der Waals surface area contributed by atoms with E-state index in [-0.39, 0.29) is 19.1 Å². The number of nitrogens with zero attached hydrogens (tertiary/aromatic N) is 2. The van der Waals surface area contributed by atoms with Gasteiger partial charge in [0.2, 0.25) is 0 Å². The van der Waals surface area contributed by atoms with Crippen LogP contribution < -0.4 is 5.32 Å². The molecular formula is C15H24FN3O6. The van der Waals surface area contributed by atoms with E-state index in [2.05, 4.69) is 10.3 Å². The third kappa shape index (κ3) is 4.88. The van der Waals surface area contributed by atoms with E-state index in [4.69, 9.17) is 14.6 Å². The summed E-state index contributed by atoms with van der Waals surface area (Å²) in [4.78, 5) is 16.7. The Hall–Kier alpha value is -1.75. The lowest BCUT2D eigenvalue weighted by molar-refractivity contribution is -0.0798. The van der Waals surface area contributed by atoms with E-state index >= 15 is 0 Å². The highest BCUT2D eigenvalue weighted by Crippen LogP contribution is 2.26. The van der Waals surface area contributed by atoms with E-state index in [9.17, 15) is 19.4 Å². The van der Waals surface area contributed by atoms with Crippen LogP contribution in [0.2, 0.25) is 0 Å². The van der Waals surface area contributed by atoms with Crippen LogP contribution in [0.15, 0.2) is 17.0 Å². The van der Waals surface area contributed by atoms with Crippen LogP contribution in [0.1, 0.15) is 26.2 Å². The zero-order valence-corrected chi connectivity index (χ0v) is 14.0. The number of hydrogen-bond acceptors (Lipinski definition) is 8. The van der Waals surface area contributed by atoms with Crippen molar-refractivity contribution in [2.24, 2.45) is 4.99 Å². The van der Waals surface area contributed by atoms with Gasteiger partial charge in [-0.15, -0.1) is 0 Å². The molecule has 0 spiro atoms. The Balaban J connectivity index is 1.87. The minimum atomic E-state index is -1.32. The number of rotatable bonds is 6. The highest BCUT2D eigenvalue weighted by atomic mass is 19.1. The molecule has 10 heteroatoms. The number of halogens is 1. The van der Waals surface area contributed by atoms with Gasteiger partial charge in [-0.3, -0.25) is 5.32 Å². The van der Waals surface area contributed by atoms with E-state index < -0.39 is 43.1 Å². The van der Waals surface area contributed by atoms with Crippen LogP contribution in [-0.4, -0.2) is 76.6 Å². The molecule has 0 saturated carbocycles. The van der Waals surface area contributed by atoms with Crippen LogP contribution in [0.25, 0.3) is 0 Å². The zero-order valence-electron chi connectivity index (χ0n) is 14.0. The van der Waals surface area contributed by atoms with Gasteiger partial charge in [-0.2, -0.15) is 0 Å². The fraction of sp³-hybridized carbons (Fsp3) is 0.733. The summed E-state index contributed by atoms with van der Waals surface area (Å²) in [7, 11) is 0. The molecule has 1 saturated heterocycles. The van der Waals surface area contributed by atoms with Gasteiger partial charge in [-0.05, 0) is 6.42 Å². The lowest BCUT2D eigenvalue weighted by Gasteiger charge is -2.30. The molecule has 1 fully saturated rings. The summed E-state index contributed by atoms with van der Waals surface area (Å²) >= 11 is 0. The van der Waals surface area contributed by atoms with Crippen LogP contribution >= 0.6 is 0 Å². The Morgan fingerprint density at radius 2 is 2.24 bits per heavy atom. The summed E-state index contributed by atoms with van der Waals surface area (Å²) in [6.07, 6.45) is -1.74. The number of aliphatic hydroxyl groups is 3. The van der Waals surface area contributed by atoms with Crippen molar-refractivity contribution in [2.45, 2.75) is 50.7 Å². The van der Waals surface area contributed by atoms with Crippen LogP contribution in [0, 0.1) is 0 Å². The van der Waals surface area contributed by atoms with E-state index in [0.29, 0.717) is 0 Å². The van der Waals surface area contributed by atoms with Crippen molar-refractivity contribution in [3.8, 4) is 0 Å². The minimum absolute atomic E-state index is 0.106. The fourth-order valence-corrected chi connectivity index (χ4v) is 2.53. The van der Waals surface area contributed by atoms with Crippen LogP contribution in [0.5, 0.6) is 0 Å². The molecule has 2 aliphatic rings. The van der Waals surface area contributed by atoms with Crippen molar-refractivity contribution >= 4 is 11.9 Å². The molecule has 2 rings (SSSR count). The number of aliphatic hydroxyl groups excluding tert-OH is 3. The second-order valence-electron chi connectivity index (χ2n) is 5.84. The van der Waals surface area contributed by atoms with Gasteiger partial charge >= 0.3 is 6.09 Å². The Bertz CT molecular complexity index is 529. The molecule has 25 heavy (non-hydrogen) atoms. The molecule has 0 aromatic heterocycles. The smallest absolute Gasteiger partial charge is 0.412 e. The molecule has 4 atom stereocenters. The number of unbranched alkanes of at least 4 members (excludes halogenated alkanes) is 2. The van der Waals surface area contributed by atoms with Gasteiger partial charge < -0.3 is 29.7 Å². The maximum absolute atomic E-state index is 14.1. The highest BCUT2D eigenvalue weighted by Gasteiger charge is 2.45. The van der Waals surface area contributed by atoms with Crippen LogP contribution in [0.4, 0.5) is 9.18 Å². The molecule has 0 aliphatic carbocycles. The molecule has 0 bridgehead atoms. The molecule has 2 aliphatic heterocycles. The topological polar surface area (TPSA) is 124 Å². The lowest BCUT2D eigenvalue weighted by atomic mass is 10.1. The zero-order chi connectivity index (χ0) is 18.4. The molecular weight excluding hydrogens is 337 g/mol. The second kappa shape index (κ2) is 9.09. The molecule has 0 aromatic carbocycles. The molecule has 1 unspecified atom stereocenters. The van der Waals surface area contributed by atoms with Gasteiger partial charge in [0.1, 0.15) is 25.0 Å². The van der Waals surface area contributed by atoms with E-state index in [0.717, 1.165) is 25.5 Å². The van der Waals surface area contributed by atoms with Gasteiger partial charge in [-0.1, -0.05) is 19.8 Å². The van der Waals surface area contributed by atoms with E-state index in [1.165, 1.54) is 4.90 Å². The summed E-state index contributed by atoms with van der Waals surface area (Å²) < 4.78 is 24.3. The monoisotopic (exact) mass is 361 g/mol. The number of nitrogens with one attached hydrogen (secondary N) is 1. The van der Waals surface area contributed by atoms with Crippen molar-refractivity contribution in [2.75, 3.05) is 19.9 Å². The predicted molar refractivity (Wildman–Crippen MR) is 85.1 cm³/mol. The average molecular weight is 361 g/mol. The summed E-state index contributed by atoms with van der Waals surface area (Å²) in [6, 6.07) is 0. The Labute approximate surface area is 144 Å². The minimum Gasteiger partial charge on any atom is -0.449 e. The number of carbonyl (C=O) groups excluding carboxylic acids is 1. The third-order valence-corrected chi connectivity index (χ3v) is 3.94. The number of amidine groups is 1. The fourth-order valence-electron chi connectivity index (χ4n) is 2.53. The molecule has 1 amide bonds. The van der Waals surface area contributed by atoms with Crippen molar-refractivity contribution in [1.82, 2.24) is 10.2 Å². The summed E-state index contributed by atoms with van der Waals surface area (Å²) in [5.41, 5.74) is 0. The predicted octanol–water partition coefficient (Wildman–Crippen LogP) is -0.176. The first-order valence-electron chi connectivity index (χ1n) is 8.22.